The van der Waals surface area contributed by atoms with Gasteiger partial charge in [0.15, 0.2) is 0 Å². The zero-order chi connectivity index (χ0) is 17.9. The van der Waals surface area contributed by atoms with Crippen molar-refractivity contribution in [1.82, 2.24) is 9.62 Å². The molecule has 0 atom stereocenters. The first-order valence-electron chi connectivity index (χ1n) is 8.44. The predicted octanol–water partition coefficient (Wildman–Crippen LogP) is 4.01. The average molecular weight is 443 g/mol. The Morgan fingerprint density at radius 2 is 1.88 bits per heavy atom. The summed E-state index contributed by atoms with van der Waals surface area (Å²) >= 11 is 4.54. The lowest BCUT2D eigenvalue weighted by Crippen LogP contribution is -2.38. The molecular weight excluding hydrogens is 420 g/mol. The smallest absolute Gasteiger partial charge is 0.251 e. The molecule has 1 fully saturated rings. The van der Waals surface area contributed by atoms with E-state index in [0.717, 1.165) is 32.5 Å². The van der Waals surface area contributed by atoms with E-state index in [1.165, 1.54) is 22.5 Å². The number of piperidine rings is 1. The molecule has 0 spiro atoms. The first-order chi connectivity index (χ1) is 11.9. The van der Waals surface area contributed by atoms with E-state index >= 15 is 0 Å². The molecule has 25 heavy (non-hydrogen) atoms. The molecule has 0 amide bonds. The zero-order valence-corrected chi connectivity index (χ0v) is 17.5. The number of aryl methyl sites for hydroxylation is 1. The lowest BCUT2D eigenvalue weighted by molar-refractivity contribution is 0.178. The number of halogens is 1. The number of likely N-dealkylation sites (tertiary alicyclic amines) is 1. The highest BCUT2D eigenvalue weighted by atomic mass is 79.9. The standard InChI is InChI=1S/C18H23BrN2O2S2/c1-14-2-4-16(5-3-14)13-21-9-6-15(7-10-21)12-20-25(22,23)18-17(19)8-11-24-18/h2-5,8,11,15,20H,6-7,9-10,12-13H2,1H3. The number of hydrogen-bond acceptors (Lipinski definition) is 4. The summed E-state index contributed by atoms with van der Waals surface area (Å²) in [7, 11) is -3.41. The number of thiophene rings is 1. The molecule has 0 saturated carbocycles. The Balaban J connectivity index is 1.46. The summed E-state index contributed by atoms with van der Waals surface area (Å²) in [6.45, 7) is 5.63. The van der Waals surface area contributed by atoms with Gasteiger partial charge in [0.05, 0.1) is 0 Å². The van der Waals surface area contributed by atoms with Gasteiger partial charge in [0.1, 0.15) is 4.21 Å². The summed E-state index contributed by atoms with van der Waals surface area (Å²) in [5.41, 5.74) is 2.62. The molecule has 7 heteroatoms. The number of sulfonamides is 1. The van der Waals surface area contributed by atoms with Gasteiger partial charge >= 0.3 is 0 Å². The summed E-state index contributed by atoms with van der Waals surface area (Å²) in [6.07, 6.45) is 2.06. The van der Waals surface area contributed by atoms with E-state index in [9.17, 15) is 8.42 Å². The van der Waals surface area contributed by atoms with Crippen molar-refractivity contribution in [2.75, 3.05) is 19.6 Å². The number of benzene rings is 1. The molecule has 2 aromatic rings. The summed E-state index contributed by atoms with van der Waals surface area (Å²) in [5, 5.41) is 1.78. The Morgan fingerprint density at radius 1 is 1.20 bits per heavy atom. The van der Waals surface area contributed by atoms with Gasteiger partial charge in [-0.05, 0) is 71.7 Å². The van der Waals surface area contributed by atoms with Crippen LogP contribution in [-0.2, 0) is 16.6 Å². The summed E-state index contributed by atoms with van der Waals surface area (Å²) in [4.78, 5) is 2.45. The van der Waals surface area contributed by atoms with E-state index in [4.69, 9.17) is 0 Å². The van der Waals surface area contributed by atoms with E-state index < -0.39 is 10.0 Å². The maximum absolute atomic E-state index is 12.3. The van der Waals surface area contributed by atoms with Gasteiger partial charge in [0.2, 0.25) is 0 Å². The van der Waals surface area contributed by atoms with Gasteiger partial charge in [0.25, 0.3) is 10.0 Å². The number of nitrogens with zero attached hydrogens (tertiary/aromatic N) is 1. The Labute approximate surface area is 162 Å². The number of rotatable bonds is 6. The average Bonchev–Trinajstić information content (AvgIpc) is 3.03. The van der Waals surface area contributed by atoms with Gasteiger partial charge in [-0.2, -0.15) is 0 Å². The quantitative estimate of drug-likeness (QED) is 0.734. The SMILES string of the molecule is Cc1ccc(CN2CCC(CNS(=O)(=O)c3sccc3Br)CC2)cc1. The normalized spacial score (nSPS) is 17.0. The largest absolute Gasteiger partial charge is 0.299 e. The second-order valence-corrected chi connectivity index (χ2v) is 10.3. The van der Waals surface area contributed by atoms with Gasteiger partial charge in [-0.25, -0.2) is 13.1 Å². The van der Waals surface area contributed by atoms with Crippen molar-refractivity contribution in [2.24, 2.45) is 5.92 Å². The van der Waals surface area contributed by atoms with Crippen LogP contribution in [0.3, 0.4) is 0 Å². The van der Waals surface area contributed by atoms with Gasteiger partial charge in [-0.3, -0.25) is 4.90 Å². The van der Waals surface area contributed by atoms with Crippen molar-refractivity contribution in [3.8, 4) is 0 Å². The topological polar surface area (TPSA) is 49.4 Å². The van der Waals surface area contributed by atoms with Crippen LogP contribution in [0.1, 0.15) is 24.0 Å². The molecule has 136 valence electrons. The molecule has 1 aliphatic rings. The molecule has 1 N–H and O–H groups in total. The van der Waals surface area contributed by atoms with Crippen LogP contribution in [0, 0.1) is 12.8 Å². The molecule has 1 saturated heterocycles. The van der Waals surface area contributed by atoms with Crippen molar-refractivity contribution in [2.45, 2.75) is 30.5 Å². The Bertz CT molecular complexity index is 795. The van der Waals surface area contributed by atoms with Crippen LogP contribution < -0.4 is 4.72 Å². The van der Waals surface area contributed by atoms with Crippen molar-refractivity contribution in [1.29, 1.82) is 0 Å². The molecule has 1 aliphatic heterocycles. The summed E-state index contributed by atoms with van der Waals surface area (Å²) < 4.78 is 28.5. The Hall–Kier alpha value is -0.730. The highest BCUT2D eigenvalue weighted by Crippen LogP contribution is 2.27. The van der Waals surface area contributed by atoms with Gasteiger partial charge in [-0.15, -0.1) is 11.3 Å². The maximum Gasteiger partial charge on any atom is 0.251 e. The van der Waals surface area contributed by atoms with Crippen LogP contribution in [0.4, 0.5) is 0 Å². The van der Waals surface area contributed by atoms with Crippen molar-refractivity contribution < 1.29 is 8.42 Å². The lowest BCUT2D eigenvalue weighted by Gasteiger charge is -2.32. The summed E-state index contributed by atoms with van der Waals surface area (Å²) in [5.74, 6) is 0.405. The molecule has 0 unspecified atom stereocenters. The fourth-order valence-corrected chi connectivity index (χ4v) is 6.56. The molecule has 0 bridgehead atoms. The third kappa shape index (κ3) is 5.14. The molecule has 0 aliphatic carbocycles. The van der Waals surface area contributed by atoms with Crippen LogP contribution >= 0.6 is 27.3 Å². The van der Waals surface area contributed by atoms with Crippen molar-refractivity contribution >= 4 is 37.3 Å². The fourth-order valence-electron chi connectivity index (χ4n) is 3.07. The van der Waals surface area contributed by atoms with E-state index in [-0.39, 0.29) is 0 Å². The maximum atomic E-state index is 12.3. The van der Waals surface area contributed by atoms with Gasteiger partial charge < -0.3 is 0 Å². The molecule has 4 nitrogen and oxygen atoms in total. The third-order valence-corrected chi connectivity index (χ3v) is 8.72. The molecule has 2 heterocycles. The third-order valence-electron chi connectivity index (χ3n) is 4.62. The van der Waals surface area contributed by atoms with Gasteiger partial charge in [-0.1, -0.05) is 29.8 Å². The van der Waals surface area contributed by atoms with E-state index in [1.807, 2.05) is 0 Å². The highest BCUT2D eigenvalue weighted by molar-refractivity contribution is 9.10. The molecule has 1 aromatic heterocycles. The van der Waals surface area contributed by atoms with Crippen LogP contribution in [0.15, 0.2) is 44.4 Å². The minimum atomic E-state index is -3.41. The minimum Gasteiger partial charge on any atom is -0.299 e. The predicted molar refractivity (Wildman–Crippen MR) is 106 cm³/mol. The van der Waals surface area contributed by atoms with Gasteiger partial charge in [0, 0.05) is 17.6 Å². The lowest BCUT2D eigenvalue weighted by atomic mass is 9.97. The van der Waals surface area contributed by atoms with Crippen LogP contribution in [0.2, 0.25) is 0 Å². The number of nitrogens with one attached hydrogen (secondary N) is 1. The van der Waals surface area contributed by atoms with Crippen molar-refractivity contribution in [3.63, 3.8) is 0 Å². The molecular formula is C18H23BrN2O2S2. The van der Waals surface area contributed by atoms with E-state index in [2.05, 4.69) is 56.7 Å². The monoisotopic (exact) mass is 442 g/mol. The molecule has 1 aromatic carbocycles. The van der Waals surface area contributed by atoms with Crippen LogP contribution in [0.5, 0.6) is 0 Å². The molecule has 3 rings (SSSR count). The second kappa shape index (κ2) is 8.31. The second-order valence-electron chi connectivity index (χ2n) is 6.61. The summed E-state index contributed by atoms with van der Waals surface area (Å²) in [6, 6.07) is 10.4. The molecule has 0 radical (unpaired) electrons. The van der Waals surface area contributed by atoms with E-state index in [1.54, 1.807) is 11.4 Å². The van der Waals surface area contributed by atoms with Crippen molar-refractivity contribution in [3.05, 3.63) is 51.3 Å². The fraction of sp³-hybridized carbons (Fsp3) is 0.444. The first kappa shape index (κ1) is 19.0. The van der Waals surface area contributed by atoms with E-state index in [0.29, 0.717) is 21.1 Å². The van der Waals surface area contributed by atoms with Crippen LogP contribution in [0.25, 0.3) is 0 Å². The Kier molecular flexibility index (Phi) is 6.33. The Morgan fingerprint density at radius 3 is 2.48 bits per heavy atom. The first-order valence-corrected chi connectivity index (χ1v) is 11.6. The minimum absolute atomic E-state index is 0.365. The zero-order valence-electron chi connectivity index (χ0n) is 14.2. The van der Waals surface area contributed by atoms with Crippen LogP contribution in [-0.4, -0.2) is 33.0 Å². The number of hydrogen-bond donors (Lipinski definition) is 1. The highest BCUT2D eigenvalue weighted by Gasteiger charge is 2.23.